The summed E-state index contributed by atoms with van der Waals surface area (Å²) >= 11 is 0. The molecule has 2 aromatic carbocycles. The smallest absolute Gasteiger partial charge is 0.337 e. The van der Waals surface area contributed by atoms with Gasteiger partial charge in [0.25, 0.3) is 0 Å². The van der Waals surface area contributed by atoms with E-state index in [1.807, 2.05) is 0 Å². The van der Waals surface area contributed by atoms with E-state index in [0.29, 0.717) is 16.0 Å². The Morgan fingerprint density at radius 3 is 2.42 bits per heavy atom. The predicted octanol–water partition coefficient (Wildman–Crippen LogP) is 0.668. The summed E-state index contributed by atoms with van der Waals surface area (Å²) in [7, 11) is 0. The normalized spacial score (nSPS) is 12.0. The lowest BCUT2D eigenvalue weighted by Crippen LogP contribution is -2.28. The van der Waals surface area contributed by atoms with E-state index < -0.39 is 5.97 Å². The fourth-order valence-corrected chi connectivity index (χ4v) is 1.92. The summed E-state index contributed by atoms with van der Waals surface area (Å²) in [6, 6.07) is 11.1. The maximum Gasteiger partial charge on any atom is 0.337 e. The lowest BCUT2D eigenvalue weighted by atomic mass is 10.00. The van der Waals surface area contributed by atoms with Crippen LogP contribution in [0.1, 0.15) is 5.56 Å². The van der Waals surface area contributed by atoms with Gasteiger partial charge < -0.3 is 15.9 Å². The molecule has 0 aliphatic carbocycles. The van der Waals surface area contributed by atoms with Crippen LogP contribution in [0.15, 0.2) is 42.5 Å². The zero-order valence-corrected chi connectivity index (χ0v) is 10.1. The second kappa shape index (κ2) is 4.86. The number of aromatic hydroxyl groups is 1. The van der Waals surface area contributed by atoms with Gasteiger partial charge in [-0.15, -0.1) is 0 Å². The van der Waals surface area contributed by atoms with Crippen molar-refractivity contribution in [3.8, 4) is 5.75 Å². The molecule has 0 spiro atoms. The molecule has 4 nitrogen and oxygen atoms in total. The number of phenolic OH excluding ortho intramolecular Hbond substituents is 1. The van der Waals surface area contributed by atoms with E-state index in [1.54, 1.807) is 24.3 Å². The molecule has 2 rings (SSSR count). The first-order valence-electron chi connectivity index (χ1n) is 5.61. The molecule has 0 radical (unpaired) electrons. The molecule has 0 aliphatic heterocycles. The minimum atomic E-state index is -1.09. The predicted molar refractivity (Wildman–Crippen MR) is 73.9 cm³/mol. The van der Waals surface area contributed by atoms with Gasteiger partial charge in [0.05, 0.1) is 5.57 Å². The Kier molecular flexibility index (Phi) is 3.25. The van der Waals surface area contributed by atoms with Crippen LogP contribution >= 0.6 is 0 Å². The third kappa shape index (κ3) is 2.42. The zero-order valence-electron chi connectivity index (χ0n) is 10.1. The van der Waals surface area contributed by atoms with Gasteiger partial charge in [0.15, 0.2) is 0 Å². The molecule has 0 atom stereocenters. The fraction of sp³-hybridized carbons (Fsp3) is 0. The first-order valence-corrected chi connectivity index (χ1v) is 5.61. The van der Waals surface area contributed by atoms with Gasteiger partial charge in [-0.05, 0) is 22.6 Å². The third-order valence-corrected chi connectivity index (χ3v) is 2.81. The van der Waals surface area contributed by atoms with Crippen LogP contribution < -0.4 is 16.2 Å². The summed E-state index contributed by atoms with van der Waals surface area (Å²) in [5.41, 5.74) is 6.43. The Bertz CT molecular complexity index is 750. The van der Waals surface area contributed by atoms with Crippen molar-refractivity contribution in [1.82, 2.24) is 0 Å². The highest BCUT2D eigenvalue weighted by molar-refractivity contribution is 6.16. The van der Waals surface area contributed by atoms with Crippen molar-refractivity contribution in [2.75, 3.05) is 5.73 Å². The summed E-state index contributed by atoms with van der Waals surface area (Å²) in [5.74, 6) is -1.10. The number of phenols is 1. The molecule has 0 fully saturated rings. The maximum absolute atomic E-state index is 11.5. The van der Waals surface area contributed by atoms with Crippen molar-refractivity contribution in [3.63, 3.8) is 0 Å². The van der Waals surface area contributed by atoms with Gasteiger partial charge in [0.2, 0.25) is 0 Å². The second-order valence-corrected chi connectivity index (χ2v) is 4.11. The molecule has 2 aromatic rings. The highest BCUT2D eigenvalue weighted by Crippen LogP contribution is 2.23. The first-order chi connectivity index (χ1) is 9.00. The van der Waals surface area contributed by atoms with Crippen molar-refractivity contribution in [2.24, 2.45) is 0 Å². The largest absolute Gasteiger partial charge is 0.508 e. The van der Waals surface area contributed by atoms with Crippen LogP contribution in [0.25, 0.3) is 12.2 Å². The average molecular weight is 255 g/mol. The Morgan fingerprint density at radius 1 is 1.16 bits per heavy atom. The van der Waals surface area contributed by atoms with Gasteiger partial charge >= 0.3 is 5.97 Å². The summed E-state index contributed by atoms with van der Waals surface area (Å²) in [6.45, 7) is 3.82. The number of nitrogens with two attached hydrogens (primary N) is 1. The second-order valence-electron chi connectivity index (χ2n) is 4.11. The lowest BCUT2D eigenvalue weighted by Gasteiger charge is -2.07. The van der Waals surface area contributed by atoms with E-state index in [0.717, 1.165) is 0 Å². The van der Waals surface area contributed by atoms with E-state index in [9.17, 15) is 15.0 Å². The van der Waals surface area contributed by atoms with Gasteiger partial charge in [-0.25, -0.2) is 4.79 Å². The number of rotatable bonds is 2. The number of carboxylic acids is 1. The van der Waals surface area contributed by atoms with E-state index in [4.69, 9.17) is 5.73 Å². The monoisotopic (exact) mass is 255 g/mol. The average Bonchev–Trinajstić information content (AvgIpc) is 2.34. The van der Waals surface area contributed by atoms with Crippen LogP contribution in [0, 0.1) is 0 Å². The van der Waals surface area contributed by atoms with Crippen LogP contribution in [0.5, 0.6) is 5.75 Å². The molecule has 0 unspecified atom stereocenters. The zero-order chi connectivity index (χ0) is 14.0. The van der Waals surface area contributed by atoms with Crippen molar-refractivity contribution in [2.45, 2.75) is 0 Å². The molecule has 0 aliphatic rings. The van der Waals surface area contributed by atoms with Gasteiger partial charge in [-0.2, -0.15) is 0 Å². The number of hydrogen-bond donors (Lipinski definition) is 3. The third-order valence-electron chi connectivity index (χ3n) is 2.81. The fourth-order valence-electron chi connectivity index (χ4n) is 1.92. The molecule has 0 saturated heterocycles. The Labute approximate surface area is 109 Å². The van der Waals surface area contributed by atoms with Gasteiger partial charge in [0.1, 0.15) is 5.75 Å². The highest BCUT2D eigenvalue weighted by atomic mass is 16.4. The molecule has 19 heavy (non-hydrogen) atoms. The number of carboxylic acid groups (broad SMARTS) is 1. The summed E-state index contributed by atoms with van der Waals surface area (Å²) in [6.07, 6.45) is 0. The number of carbonyl (C=O) groups is 1. The van der Waals surface area contributed by atoms with Crippen LogP contribution in [0.2, 0.25) is 0 Å². The molecule has 4 heteroatoms. The SMILES string of the molecule is C=c1cccc/c1=C(\C(=O)O)c1ccc(O)cc1N. The lowest BCUT2D eigenvalue weighted by molar-refractivity contribution is -0.130. The number of nitrogen functional groups attached to an aromatic ring is 1. The standard InChI is InChI=1S/C15H13NO3/c1-9-4-2-3-5-11(9)14(15(18)19)12-7-6-10(17)8-13(12)16/h2-8,17H,1,16H2,(H,18,19)/b14-11+. The minimum absolute atomic E-state index is 0.00565. The Balaban J connectivity index is 2.88. The van der Waals surface area contributed by atoms with Crippen molar-refractivity contribution < 1.29 is 15.0 Å². The molecule has 0 aromatic heterocycles. The number of hydrogen-bond acceptors (Lipinski definition) is 3. The molecule has 0 saturated carbocycles. The molecule has 0 amide bonds. The quantitative estimate of drug-likeness (QED) is 0.689. The molecule has 96 valence electrons. The van der Waals surface area contributed by atoms with E-state index >= 15 is 0 Å². The maximum atomic E-state index is 11.5. The minimum Gasteiger partial charge on any atom is -0.508 e. The van der Waals surface area contributed by atoms with Crippen molar-refractivity contribution in [3.05, 3.63) is 58.5 Å². The van der Waals surface area contributed by atoms with Gasteiger partial charge in [-0.1, -0.05) is 30.8 Å². The van der Waals surface area contributed by atoms with Crippen LogP contribution in [0.3, 0.4) is 0 Å². The number of aliphatic carboxylic acids is 1. The van der Waals surface area contributed by atoms with Gasteiger partial charge in [0, 0.05) is 17.3 Å². The molecule has 4 N–H and O–H groups in total. The van der Waals surface area contributed by atoms with E-state index in [-0.39, 0.29) is 17.0 Å². The van der Waals surface area contributed by atoms with Crippen molar-refractivity contribution in [1.29, 1.82) is 0 Å². The number of anilines is 1. The Morgan fingerprint density at radius 2 is 1.84 bits per heavy atom. The van der Waals surface area contributed by atoms with Crippen LogP contribution in [-0.4, -0.2) is 16.2 Å². The summed E-state index contributed by atoms with van der Waals surface area (Å²) in [4.78, 5) is 11.5. The summed E-state index contributed by atoms with van der Waals surface area (Å²) < 4.78 is 0. The van der Waals surface area contributed by atoms with Crippen LogP contribution in [0.4, 0.5) is 5.69 Å². The number of benzene rings is 2. The van der Waals surface area contributed by atoms with Gasteiger partial charge in [-0.3, -0.25) is 0 Å². The molecule has 0 heterocycles. The molecule has 0 bridgehead atoms. The summed E-state index contributed by atoms with van der Waals surface area (Å²) in [5, 5.41) is 19.9. The molecular weight excluding hydrogens is 242 g/mol. The van der Waals surface area contributed by atoms with E-state index in [2.05, 4.69) is 6.58 Å². The highest BCUT2D eigenvalue weighted by Gasteiger charge is 2.15. The molecular formula is C15H13NO3. The Hall–Kier alpha value is -2.75. The topological polar surface area (TPSA) is 83.5 Å². The van der Waals surface area contributed by atoms with Crippen LogP contribution in [-0.2, 0) is 4.79 Å². The van der Waals surface area contributed by atoms with Crippen molar-refractivity contribution >= 4 is 23.8 Å². The van der Waals surface area contributed by atoms with E-state index in [1.165, 1.54) is 18.2 Å². The first kappa shape index (κ1) is 12.7.